The van der Waals surface area contributed by atoms with Crippen LogP contribution in [0, 0.1) is 35.5 Å². The van der Waals surface area contributed by atoms with Crippen LogP contribution in [0.25, 0.3) is 41.3 Å². The Balaban J connectivity index is 0.000000110. The summed E-state index contributed by atoms with van der Waals surface area (Å²) < 4.78 is 2.09. The third-order valence-electron chi connectivity index (χ3n) is 29.3. The highest BCUT2D eigenvalue weighted by atomic mass is 16.2. The first-order valence-corrected chi connectivity index (χ1v) is 42.5. The van der Waals surface area contributed by atoms with Gasteiger partial charge >= 0.3 is 0 Å². The number of aromatic nitrogens is 5. The van der Waals surface area contributed by atoms with Crippen LogP contribution in [0.2, 0.25) is 0 Å². The highest BCUT2D eigenvalue weighted by Crippen LogP contribution is 2.52. The number of nitrogens with one attached hydrogen (secondary N) is 3. The minimum absolute atomic E-state index is 0.000674. The SMILES string of the molecule is C=C1N=CC=C(c2nc3ccccc3n(C3C[C@H]4CCC[C@@H](C3)N4C3C[C@H]4CCC[C@@H](C3)C4)c2=O)N1.C=c1ccc(=C2Nc3ccccc3N(C3C[C@H]4CCC[C@@H](C3)N4C3C[C@H]4CCC[C@@H](C3)C4)C2=O)cn1.C=c1cnc(=C2Nc3ccccc3N(C3C[C@H]4CCC[C@@H](C3)N4C3C[C@H]4CCC[C@@H](C3)C4)C2=O)cn1. The monoisotopic (exact) mass is 1450 g/mol. The lowest BCUT2D eigenvalue weighted by Gasteiger charge is -2.56. The summed E-state index contributed by atoms with van der Waals surface area (Å²) in [6.07, 6.45) is 52.6. The lowest BCUT2D eigenvalue weighted by atomic mass is 9.68. The molecular weight excluding hydrogens is 1340 g/mol. The molecule has 12 fully saturated rings. The summed E-state index contributed by atoms with van der Waals surface area (Å²) in [4.78, 5) is 77.4. The van der Waals surface area contributed by atoms with E-state index in [0.29, 0.717) is 80.9 Å². The second-order valence-corrected chi connectivity index (χ2v) is 35.9. The van der Waals surface area contributed by atoms with Gasteiger partial charge in [-0.15, -0.1) is 0 Å². The number of nitrogens with zero attached hydrogens (tertiary/aromatic N) is 11. The van der Waals surface area contributed by atoms with E-state index in [0.717, 1.165) is 131 Å². The number of carbonyl (C=O) groups excluding carboxylic acids is 2. The van der Waals surface area contributed by atoms with Gasteiger partial charge in [0.25, 0.3) is 17.4 Å². The van der Waals surface area contributed by atoms with Crippen LogP contribution in [0.15, 0.2) is 132 Å². The summed E-state index contributed by atoms with van der Waals surface area (Å²) in [5, 5.41) is 12.7. The largest absolute Gasteiger partial charge is 0.349 e. The van der Waals surface area contributed by atoms with Gasteiger partial charge in [0, 0.05) is 90.1 Å². The molecule has 6 unspecified atom stereocenters. The van der Waals surface area contributed by atoms with Crippen molar-refractivity contribution in [1.29, 1.82) is 0 Å². The molecule has 17 heteroatoms. The number of para-hydroxylation sites is 6. The van der Waals surface area contributed by atoms with E-state index in [1.807, 2.05) is 54.6 Å². The molecule has 564 valence electrons. The zero-order valence-corrected chi connectivity index (χ0v) is 63.5. The molecule has 15 aliphatic rings. The minimum atomic E-state index is -0.000674. The number of carbonyl (C=O) groups is 2. The Morgan fingerprint density at radius 1 is 0.380 bits per heavy atom. The molecule has 18 atom stereocenters. The lowest BCUT2D eigenvalue weighted by Crippen LogP contribution is -2.62. The number of amides is 2. The molecule has 0 spiro atoms. The van der Waals surface area contributed by atoms with Crippen molar-refractivity contribution in [1.82, 2.24) is 44.5 Å². The van der Waals surface area contributed by atoms with Crippen molar-refractivity contribution in [3.63, 3.8) is 0 Å². The maximum absolute atomic E-state index is 14.1. The number of rotatable bonds is 7. The first kappa shape index (κ1) is 70.3. The van der Waals surface area contributed by atoms with Crippen LogP contribution < -0.4 is 52.6 Å². The Hall–Kier alpha value is -8.12. The zero-order valence-electron chi connectivity index (χ0n) is 63.5. The molecule has 6 saturated heterocycles. The number of aliphatic imine (C=N–C) groups is 1. The van der Waals surface area contributed by atoms with Crippen molar-refractivity contribution < 1.29 is 9.59 Å². The van der Waals surface area contributed by atoms with E-state index in [2.05, 4.69) is 121 Å². The van der Waals surface area contributed by atoms with Crippen LogP contribution in [0.4, 0.5) is 22.7 Å². The van der Waals surface area contributed by atoms with E-state index < -0.39 is 0 Å². The molecule has 0 radical (unpaired) electrons. The van der Waals surface area contributed by atoms with Crippen LogP contribution in [-0.4, -0.2) is 124 Å². The van der Waals surface area contributed by atoms with Gasteiger partial charge < -0.3 is 30.3 Å². The molecule has 9 aliphatic heterocycles. The van der Waals surface area contributed by atoms with Crippen molar-refractivity contribution in [3.05, 3.63) is 159 Å². The van der Waals surface area contributed by atoms with Gasteiger partial charge in [-0.1, -0.05) is 133 Å². The summed E-state index contributed by atoms with van der Waals surface area (Å²) >= 11 is 0. The number of benzene rings is 3. The first-order chi connectivity index (χ1) is 52.9. The van der Waals surface area contributed by atoms with Gasteiger partial charge in [0.1, 0.15) is 22.6 Å². The Bertz CT molecular complexity index is 4480. The molecule has 3 aromatic carbocycles. The molecule has 12 heterocycles. The quantitative estimate of drug-likeness (QED) is 0.138. The van der Waals surface area contributed by atoms with E-state index in [4.69, 9.17) is 4.98 Å². The van der Waals surface area contributed by atoms with Crippen LogP contribution in [0.1, 0.15) is 224 Å². The maximum Gasteiger partial charge on any atom is 0.279 e. The molecular formula is C91H112N14O3. The van der Waals surface area contributed by atoms with E-state index >= 15 is 0 Å². The van der Waals surface area contributed by atoms with E-state index in [-0.39, 0.29) is 35.5 Å². The smallest absolute Gasteiger partial charge is 0.279 e. The average Bonchev–Trinajstić information content (AvgIpc) is 0.753. The van der Waals surface area contributed by atoms with Gasteiger partial charge in [0.15, 0.2) is 5.69 Å². The van der Waals surface area contributed by atoms with Gasteiger partial charge in [-0.3, -0.25) is 44.0 Å². The molecule has 17 nitrogen and oxygen atoms in total. The molecule has 6 saturated carbocycles. The van der Waals surface area contributed by atoms with Crippen molar-refractivity contribution in [2.24, 2.45) is 40.5 Å². The fourth-order valence-electron chi connectivity index (χ4n) is 25.2. The molecule has 2 amide bonds. The predicted molar refractivity (Wildman–Crippen MR) is 432 cm³/mol. The van der Waals surface area contributed by atoms with Crippen molar-refractivity contribution >= 4 is 82.1 Å². The summed E-state index contributed by atoms with van der Waals surface area (Å²) in [5.74, 6) is 6.34. The molecule has 6 aromatic rings. The Morgan fingerprint density at radius 3 is 1.28 bits per heavy atom. The molecule has 3 N–H and O–H groups in total. The number of hydrogen-bond donors (Lipinski definition) is 3. The van der Waals surface area contributed by atoms with Gasteiger partial charge in [-0.05, 0) is 225 Å². The summed E-state index contributed by atoms with van der Waals surface area (Å²) in [7, 11) is 0. The van der Waals surface area contributed by atoms with Crippen molar-refractivity contribution in [2.45, 2.75) is 284 Å². The van der Waals surface area contributed by atoms with Crippen LogP contribution in [-0.2, 0) is 9.59 Å². The second kappa shape index (κ2) is 29.9. The maximum atomic E-state index is 14.1. The minimum Gasteiger partial charge on any atom is -0.349 e. The number of allylic oxidation sites excluding steroid dienone is 1. The van der Waals surface area contributed by atoms with Crippen molar-refractivity contribution in [3.8, 4) is 0 Å². The second-order valence-electron chi connectivity index (χ2n) is 35.9. The fraction of sp³-hybridized carbons (Fsp3) is 0.560. The van der Waals surface area contributed by atoms with Gasteiger partial charge in [0.2, 0.25) is 0 Å². The van der Waals surface area contributed by atoms with E-state index in [9.17, 15) is 14.4 Å². The highest BCUT2D eigenvalue weighted by Gasteiger charge is 2.51. The standard InChI is InChI=1S/C31H38N4O.2C30H37N5O/c1-20-12-13-23(19-32-20)30-31(36)35(29-11-3-2-10-28(29)33-30)27-17-24-8-5-9-25(18-27)34(24)26-15-21-6-4-7-22(14-21)16-26;1-19-17-32-27(18-31-19)29-30(36)35(28-11-3-2-10-26(28)33-29)25-15-22-8-5-9-23(16-25)34(22)24-13-20-6-4-7-21(12-20)14-24;1-19-31-13-12-27(32-19)29-30(36)35(28-11-3-2-10-26(28)33-29)25-17-22-8-5-9-23(18-25)34(22)24-15-20-6-4-7-21(14-20)16-24/h2-3,10-13,19,21-22,24-27,33H,1,4-9,14-18H2;2-3,10-11,17-18,20-25,33H,1,4-9,12-16H2;2-3,10-13,20-25,32H,1,4-9,14-18H2/t21-,22+,24-,25+,26?,27?;2*20-,21+,22-,23+,24?,25?. The van der Waals surface area contributed by atoms with E-state index in [1.54, 1.807) is 24.8 Å². The third kappa shape index (κ3) is 13.7. The normalized spacial score (nSPS) is 35.2. The Kier molecular flexibility index (Phi) is 19.5. The molecule has 3 aromatic heterocycles. The van der Waals surface area contributed by atoms with Gasteiger partial charge in [-0.25, -0.2) is 9.98 Å². The van der Waals surface area contributed by atoms with Crippen LogP contribution >= 0.6 is 0 Å². The molecule has 12 bridgehead atoms. The zero-order chi connectivity index (χ0) is 72.7. The summed E-state index contributed by atoms with van der Waals surface area (Å²) in [6, 6.07) is 35.0. The number of fused-ring (bicyclic) bond motifs is 15. The Labute approximate surface area is 637 Å². The van der Waals surface area contributed by atoms with E-state index in [1.165, 1.54) is 173 Å². The topological polar surface area (TPSA) is 172 Å². The summed E-state index contributed by atoms with van der Waals surface area (Å²) in [6.45, 7) is 11.7. The van der Waals surface area contributed by atoms with Crippen molar-refractivity contribution in [2.75, 3.05) is 20.4 Å². The molecule has 6 aliphatic carbocycles. The van der Waals surface area contributed by atoms with Crippen LogP contribution in [0.5, 0.6) is 0 Å². The summed E-state index contributed by atoms with van der Waals surface area (Å²) in [5.41, 5.74) is 8.14. The molecule has 108 heavy (non-hydrogen) atoms. The fourth-order valence-corrected chi connectivity index (χ4v) is 25.2. The number of piperidine rings is 6. The number of anilines is 4. The third-order valence-corrected chi connectivity index (χ3v) is 29.3. The Morgan fingerprint density at radius 2 is 0.815 bits per heavy atom. The lowest BCUT2D eigenvalue weighted by molar-refractivity contribution is -0.115. The average molecular weight is 1450 g/mol. The first-order valence-electron chi connectivity index (χ1n) is 42.5. The van der Waals surface area contributed by atoms with Gasteiger partial charge in [0.05, 0.1) is 62.6 Å². The van der Waals surface area contributed by atoms with Crippen LogP contribution in [0.3, 0.4) is 0 Å². The number of pyridine rings is 1. The highest BCUT2D eigenvalue weighted by molar-refractivity contribution is 6.28. The molecule has 21 rings (SSSR count). The predicted octanol–water partition coefficient (Wildman–Crippen LogP) is 13.6. The van der Waals surface area contributed by atoms with Gasteiger partial charge in [-0.2, -0.15) is 0 Å². The number of hydrogen-bond acceptors (Lipinski definition) is 14.